The molecular weight excluding hydrogens is 763 g/mol. The number of sulfonamides is 1. The molecule has 0 saturated carbocycles. The first kappa shape index (κ1) is 40.2. The second-order valence-corrected chi connectivity index (χ2v) is 17.3. The van der Waals surface area contributed by atoms with Crippen LogP contribution in [0.25, 0.3) is 10.9 Å². The fourth-order valence-electron chi connectivity index (χ4n) is 7.17. The van der Waals surface area contributed by atoms with Crippen LogP contribution in [-0.4, -0.2) is 118 Å². The topological polar surface area (TPSA) is 149 Å². The number of nitrogens with one attached hydrogen (secondary N) is 2. The standard InChI is InChI=1S/C41H49N9O5S2/c1-46(2)17-16-32(29-56-34-9-4-3-5-10-34)44-37-15-13-35(27-40(37)50(51)52)57(53,54)45-41-36-14-12-33(26-38(36)42-30-43-41)48-20-18-47(19-21-48)28-31-8-6-7-11-39(31)49-22-24-55-25-23-49/h3-15,26-27,30,32,44H,16-25,28-29H2,1-2H3,(H,42,43,45)/t32-/m1/s1. The molecule has 2 N–H and O–H groups in total. The molecule has 7 rings (SSSR count). The van der Waals surface area contributed by atoms with Gasteiger partial charge in [0.25, 0.3) is 15.7 Å². The number of nitro groups is 1. The van der Waals surface area contributed by atoms with Crippen molar-refractivity contribution in [2.75, 3.05) is 98.7 Å². The van der Waals surface area contributed by atoms with Crippen LogP contribution in [0.2, 0.25) is 0 Å². The summed E-state index contributed by atoms with van der Waals surface area (Å²) in [6.07, 6.45) is 2.06. The molecule has 1 atom stereocenters. The van der Waals surface area contributed by atoms with Gasteiger partial charge in [-0.15, -0.1) is 11.8 Å². The van der Waals surface area contributed by atoms with Gasteiger partial charge in [-0.1, -0.05) is 36.4 Å². The molecule has 57 heavy (non-hydrogen) atoms. The van der Waals surface area contributed by atoms with Crippen molar-refractivity contribution in [2.24, 2.45) is 0 Å². The van der Waals surface area contributed by atoms with Gasteiger partial charge in [-0.2, -0.15) is 0 Å². The zero-order valence-corrected chi connectivity index (χ0v) is 33.9. The average Bonchev–Trinajstić information content (AvgIpc) is 3.22. The Balaban J connectivity index is 1.02. The van der Waals surface area contributed by atoms with E-state index >= 15 is 0 Å². The van der Waals surface area contributed by atoms with Gasteiger partial charge in [0, 0.05) is 85.3 Å². The summed E-state index contributed by atoms with van der Waals surface area (Å²) in [6.45, 7) is 8.42. The van der Waals surface area contributed by atoms with Crippen LogP contribution >= 0.6 is 11.8 Å². The van der Waals surface area contributed by atoms with Crippen LogP contribution in [0.1, 0.15) is 12.0 Å². The molecule has 2 saturated heterocycles. The van der Waals surface area contributed by atoms with Crippen molar-refractivity contribution < 1.29 is 18.1 Å². The van der Waals surface area contributed by atoms with E-state index in [1.807, 2.05) is 62.6 Å². The van der Waals surface area contributed by atoms with Crippen LogP contribution in [0.5, 0.6) is 0 Å². The summed E-state index contributed by atoms with van der Waals surface area (Å²) in [5.74, 6) is 0.766. The summed E-state index contributed by atoms with van der Waals surface area (Å²) in [5, 5.41) is 16.2. The SMILES string of the molecule is CN(C)CC[C@H](CSc1ccccc1)Nc1ccc(S(=O)(=O)Nc2ncnc3cc(N4CCN(Cc5ccccc5N5CCOCC5)CC4)ccc23)cc1[N+](=O)[O-]. The minimum Gasteiger partial charge on any atom is -0.378 e. The number of nitro benzene ring substituents is 1. The molecule has 0 unspecified atom stereocenters. The molecule has 2 aliphatic heterocycles. The summed E-state index contributed by atoms with van der Waals surface area (Å²) < 4.78 is 35.6. The lowest BCUT2D eigenvalue weighted by Crippen LogP contribution is -2.46. The smallest absolute Gasteiger partial charge is 0.293 e. The molecule has 2 aliphatic rings. The molecular formula is C41H49N9O5S2. The van der Waals surface area contributed by atoms with E-state index in [9.17, 15) is 18.5 Å². The maximum atomic E-state index is 13.7. The summed E-state index contributed by atoms with van der Waals surface area (Å²) in [4.78, 5) is 30.6. The second kappa shape index (κ2) is 18.5. The van der Waals surface area contributed by atoms with Gasteiger partial charge in [0.05, 0.1) is 28.5 Å². The van der Waals surface area contributed by atoms with Crippen molar-refractivity contribution in [1.29, 1.82) is 0 Å². The largest absolute Gasteiger partial charge is 0.378 e. The van der Waals surface area contributed by atoms with Crippen molar-refractivity contribution in [1.82, 2.24) is 19.8 Å². The number of nitrogens with zero attached hydrogens (tertiary/aromatic N) is 7. The molecule has 0 aliphatic carbocycles. The van der Waals surface area contributed by atoms with Gasteiger partial charge in [0.2, 0.25) is 0 Å². The lowest BCUT2D eigenvalue weighted by Gasteiger charge is -2.37. The average molecular weight is 812 g/mol. The third-order valence-corrected chi connectivity index (χ3v) is 12.8. The Hall–Kier alpha value is -5.00. The number of ether oxygens (including phenoxy) is 1. The molecule has 2 fully saturated rings. The summed E-state index contributed by atoms with van der Waals surface area (Å²) in [6, 6.07) is 28.2. The third kappa shape index (κ3) is 10.3. The zero-order valence-electron chi connectivity index (χ0n) is 32.3. The first-order chi connectivity index (χ1) is 27.6. The number of para-hydroxylation sites is 1. The number of hydrogen-bond acceptors (Lipinski definition) is 13. The molecule has 3 heterocycles. The van der Waals surface area contributed by atoms with Gasteiger partial charge in [-0.3, -0.25) is 19.7 Å². The maximum Gasteiger partial charge on any atom is 0.293 e. The van der Waals surface area contributed by atoms with Gasteiger partial charge in [-0.05, 0) is 81.2 Å². The summed E-state index contributed by atoms with van der Waals surface area (Å²) in [5.41, 5.74) is 4.12. The Morgan fingerprint density at radius 1 is 0.895 bits per heavy atom. The molecule has 5 aromatic rings. The van der Waals surface area contributed by atoms with E-state index in [1.165, 1.54) is 29.7 Å². The fraction of sp³-hybridized carbons (Fsp3) is 0.366. The van der Waals surface area contributed by atoms with Crippen molar-refractivity contribution in [2.45, 2.75) is 28.8 Å². The van der Waals surface area contributed by atoms with Crippen LogP contribution in [0.3, 0.4) is 0 Å². The van der Waals surface area contributed by atoms with Crippen LogP contribution in [0.15, 0.2) is 107 Å². The highest BCUT2D eigenvalue weighted by Gasteiger charge is 2.25. The third-order valence-electron chi connectivity index (χ3n) is 10.3. The number of piperazine rings is 1. The highest BCUT2D eigenvalue weighted by atomic mass is 32.2. The van der Waals surface area contributed by atoms with Gasteiger partial charge in [-0.25, -0.2) is 18.4 Å². The van der Waals surface area contributed by atoms with E-state index in [1.54, 1.807) is 11.8 Å². The quantitative estimate of drug-likeness (QED) is 0.0680. The highest BCUT2D eigenvalue weighted by molar-refractivity contribution is 7.99. The van der Waals surface area contributed by atoms with Crippen molar-refractivity contribution in [3.8, 4) is 0 Å². The molecule has 14 nitrogen and oxygen atoms in total. The number of benzene rings is 4. The van der Waals surface area contributed by atoms with E-state index in [-0.39, 0.29) is 28.1 Å². The number of aromatic nitrogens is 2. The summed E-state index contributed by atoms with van der Waals surface area (Å²) in [7, 11) is -0.297. The number of hydrogen-bond donors (Lipinski definition) is 2. The van der Waals surface area contributed by atoms with E-state index in [2.05, 4.69) is 63.9 Å². The molecule has 0 amide bonds. The van der Waals surface area contributed by atoms with E-state index in [4.69, 9.17) is 4.74 Å². The van der Waals surface area contributed by atoms with Crippen molar-refractivity contribution in [3.05, 3.63) is 113 Å². The number of fused-ring (bicyclic) bond motifs is 1. The first-order valence-corrected chi connectivity index (χ1v) is 21.6. The minimum atomic E-state index is -4.26. The molecule has 300 valence electrons. The van der Waals surface area contributed by atoms with Crippen molar-refractivity contribution in [3.63, 3.8) is 0 Å². The van der Waals surface area contributed by atoms with E-state index in [0.717, 1.165) is 88.6 Å². The van der Waals surface area contributed by atoms with Gasteiger partial charge < -0.3 is 24.8 Å². The lowest BCUT2D eigenvalue weighted by atomic mass is 10.1. The predicted octanol–water partition coefficient (Wildman–Crippen LogP) is 6.02. The Morgan fingerprint density at radius 2 is 1.65 bits per heavy atom. The molecule has 4 aromatic carbocycles. The monoisotopic (exact) mass is 811 g/mol. The molecule has 0 bridgehead atoms. The molecule has 0 radical (unpaired) electrons. The van der Waals surface area contributed by atoms with Gasteiger partial charge in [0.1, 0.15) is 12.0 Å². The molecule has 1 aromatic heterocycles. The number of thioether (sulfide) groups is 1. The Labute approximate surface area is 338 Å². The Morgan fingerprint density at radius 3 is 2.40 bits per heavy atom. The zero-order chi connectivity index (χ0) is 39.8. The van der Waals surface area contributed by atoms with Gasteiger partial charge >= 0.3 is 0 Å². The first-order valence-electron chi connectivity index (χ1n) is 19.2. The van der Waals surface area contributed by atoms with Crippen LogP contribution in [-0.2, 0) is 21.3 Å². The Bertz CT molecular complexity index is 2250. The molecule has 0 spiro atoms. The van der Waals surface area contributed by atoms with Crippen molar-refractivity contribution >= 4 is 61.3 Å². The second-order valence-electron chi connectivity index (χ2n) is 14.5. The molecule has 16 heteroatoms. The number of morpholine rings is 1. The lowest BCUT2D eigenvalue weighted by molar-refractivity contribution is -0.384. The minimum absolute atomic E-state index is 0.0989. The summed E-state index contributed by atoms with van der Waals surface area (Å²) >= 11 is 1.66. The normalized spacial score (nSPS) is 15.8. The number of rotatable bonds is 16. The number of anilines is 4. The van der Waals surface area contributed by atoms with Crippen LogP contribution < -0.4 is 19.8 Å². The van der Waals surface area contributed by atoms with E-state index in [0.29, 0.717) is 16.7 Å². The predicted molar refractivity (Wildman–Crippen MR) is 228 cm³/mol. The highest BCUT2D eigenvalue weighted by Crippen LogP contribution is 2.32. The van der Waals surface area contributed by atoms with Crippen LogP contribution in [0.4, 0.5) is 28.6 Å². The van der Waals surface area contributed by atoms with E-state index < -0.39 is 14.9 Å². The Kier molecular flexibility index (Phi) is 13.1. The fourth-order valence-corrected chi connectivity index (χ4v) is 9.21. The van der Waals surface area contributed by atoms with Gasteiger partial charge in [0.15, 0.2) is 5.82 Å². The van der Waals surface area contributed by atoms with Crippen LogP contribution in [0, 0.1) is 10.1 Å². The maximum absolute atomic E-state index is 13.7.